The van der Waals surface area contributed by atoms with Crippen molar-refractivity contribution in [1.29, 1.82) is 0 Å². The molecule has 6 heteroatoms. The Bertz CT molecular complexity index is 706. The number of amides is 1. The van der Waals surface area contributed by atoms with Crippen LogP contribution in [-0.4, -0.2) is 38.6 Å². The van der Waals surface area contributed by atoms with Crippen LogP contribution in [0.1, 0.15) is 5.56 Å². The molecule has 0 aliphatic rings. The standard InChI is InChI=1S/C18H21ClN2O3/c1-21(11-13-7-8-16(23-2)17(9-13)24-3)12-18(22)20-15-6-4-5-14(19)10-15/h4-10H,11-12H2,1-3H3,(H,20,22). The first-order valence-electron chi connectivity index (χ1n) is 7.46. The van der Waals surface area contributed by atoms with Crippen LogP contribution in [-0.2, 0) is 11.3 Å². The maximum absolute atomic E-state index is 12.1. The van der Waals surface area contributed by atoms with Gasteiger partial charge in [0.15, 0.2) is 11.5 Å². The molecule has 0 atom stereocenters. The summed E-state index contributed by atoms with van der Waals surface area (Å²) in [6, 6.07) is 12.8. The van der Waals surface area contributed by atoms with Gasteiger partial charge in [0.1, 0.15) is 0 Å². The van der Waals surface area contributed by atoms with E-state index in [1.807, 2.05) is 30.1 Å². The van der Waals surface area contributed by atoms with Gasteiger partial charge in [0.05, 0.1) is 20.8 Å². The lowest BCUT2D eigenvalue weighted by Gasteiger charge is -2.17. The number of carbonyl (C=O) groups excluding carboxylic acids is 1. The quantitative estimate of drug-likeness (QED) is 0.833. The topological polar surface area (TPSA) is 50.8 Å². The van der Waals surface area contributed by atoms with E-state index in [2.05, 4.69) is 5.32 Å². The Morgan fingerprint density at radius 2 is 1.88 bits per heavy atom. The number of likely N-dealkylation sites (N-methyl/N-ethyl adjacent to an activating group) is 1. The third kappa shape index (κ3) is 5.15. The number of anilines is 1. The van der Waals surface area contributed by atoms with Crippen molar-refractivity contribution in [3.8, 4) is 11.5 Å². The molecule has 0 radical (unpaired) electrons. The molecule has 0 aliphatic heterocycles. The van der Waals surface area contributed by atoms with Gasteiger partial charge in [0, 0.05) is 17.3 Å². The van der Waals surface area contributed by atoms with Gasteiger partial charge in [-0.25, -0.2) is 0 Å². The van der Waals surface area contributed by atoms with Gasteiger partial charge in [-0.1, -0.05) is 23.7 Å². The molecule has 0 saturated heterocycles. The molecule has 0 spiro atoms. The fourth-order valence-corrected chi connectivity index (χ4v) is 2.55. The van der Waals surface area contributed by atoms with Crippen molar-refractivity contribution in [3.05, 3.63) is 53.1 Å². The average Bonchev–Trinajstić information content (AvgIpc) is 2.54. The Labute approximate surface area is 147 Å². The van der Waals surface area contributed by atoms with Gasteiger partial charge in [-0.15, -0.1) is 0 Å². The summed E-state index contributed by atoms with van der Waals surface area (Å²) in [6.45, 7) is 0.879. The van der Waals surface area contributed by atoms with E-state index in [9.17, 15) is 4.79 Å². The molecule has 2 rings (SSSR count). The second-order valence-corrected chi connectivity index (χ2v) is 5.86. The molecule has 2 aromatic carbocycles. The second-order valence-electron chi connectivity index (χ2n) is 5.42. The van der Waals surface area contributed by atoms with E-state index >= 15 is 0 Å². The van der Waals surface area contributed by atoms with E-state index in [0.717, 1.165) is 5.56 Å². The van der Waals surface area contributed by atoms with Crippen molar-refractivity contribution in [2.75, 3.05) is 33.1 Å². The first-order valence-corrected chi connectivity index (χ1v) is 7.84. The van der Waals surface area contributed by atoms with Gasteiger partial charge in [0.2, 0.25) is 5.91 Å². The van der Waals surface area contributed by atoms with Gasteiger partial charge in [-0.3, -0.25) is 9.69 Å². The second kappa shape index (κ2) is 8.57. The summed E-state index contributed by atoms with van der Waals surface area (Å²) >= 11 is 5.91. The zero-order chi connectivity index (χ0) is 17.5. The number of ether oxygens (including phenoxy) is 2. The maximum Gasteiger partial charge on any atom is 0.238 e. The van der Waals surface area contributed by atoms with Gasteiger partial charge >= 0.3 is 0 Å². The fraction of sp³-hybridized carbons (Fsp3) is 0.278. The van der Waals surface area contributed by atoms with E-state index < -0.39 is 0 Å². The highest BCUT2D eigenvalue weighted by molar-refractivity contribution is 6.30. The number of halogens is 1. The molecular formula is C18H21ClN2O3. The zero-order valence-corrected chi connectivity index (χ0v) is 14.8. The Hall–Kier alpha value is -2.24. The van der Waals surface area contributed by atoms with E-state index in [-0.39, 0.29) is 12.5 Å². The number of hydrogen-bond acceptors (Lipinski definition) is 4. The molecule has 0 unspecified atom stereocenters. The monoisotopic (exact) mass is 348 g/mol. The summed E-state index contributed by atoms with van der Waals surface area (Å²) in [4.78, 5) is 14.0. The lowest BCUT2D eigenvalue weighted by Crippen LogP contribution is -2.29. The Morgan fingerprint density at radius 3 is 2.54 bits per heavy atom. The van der Waals surface area contributed by atoms with Crippen molar-refractivity contribution in [1.82, 2.24) is 4.90 Å². The molecule has 0 aliphatic carbocycles. The van der Waals surface area contributed by atoms with Crippen LogP contribution >= 0.6 is 11.6 Å². The van der Waals surface area contributed by atoms with Crippen LogP contribution in [0.4, 0.5) is 5.69 Å². The molecular weight excluding hydrogens is 328 g/mol. The van der Waals surface area contributed by atoms with E-state index in [0.29, 0.717) is 28.8 Å². The summed E-state index contributed by atoms with van der Waals surface area (Å²) in [5.74, 6) is 1.26. The first-order chi connectivity index (χ1) is 11.5. The number of nitrogens with one attached hydrogen (secondary N) is 1. The first kappa shape index (κ1) is 18.1. The molecule has 1 amide bonds. The molecule has 1 N–H and O–H groups in total. The van der Waals surface area contributed by atoms with Crippen molar-refractivity contribution in [2.24, 2.45) is 0 Å². The van der Waals surface area contributed by atoms with Crippen molar-refractivity contribution in [3.63, 3.8) is 0 Å². The summed E-state index contributed by atoms with van der Waals surface area (Å²) in [7, 11) is 5.09. The molecule has 0 fully saturated rings. The summed E-state index contributed by atoms with van der Waals surface area (Å²) in [6.07, 6.45) is 0. The summed E-state index contributed by atoms with van der Waals surface area (Å²) in [5, 5.41) is 3.42. The van der Waals surface area contributed by atoms with Crippen LogP contribution in [0.15, 0.2) is 42.5 Å². The third-order valence-electron chi connectivity index (χ3n) is 3.42. The van der Waals surface area contributed by atoms with Gasteiger partial charge in [0.25, 0.3) is 0 Å². The lowest BCUT2D eigenvalue weighted by molar-refractivity contribution is -0.117. The number of rotatable bonds is 7. The highest BCUT2D eigenvalue weighted by atomic mass is 35.5. The van der Waals surface area contributed by atoms with E-state index in [1.54, 1.807) is 38.5 Å². The van der Waals surface area contributed by atoms with Crippen LogP contribution in [0.25, 0.3) is 0 Å². The molecule has 2 aromatic rings. The SMILES string of the molecule is COc1ccc(CN(C)CC(=O)Nc2cccc(Cl)c2)cc1OC. The molecule has 128 valence electrons. The Morgan fingerprint density at radius 1 is 1.12 bits per heavy atom. The minimum atomic E-state index is -0.0970. The van der Waals surface area contributed by atoms with Gasteiger partial charge in [-0.05, 0) is 42.9 Å². The van der Waals surface area contributed by atoms with Crippen LogP contribution in [0.3, 0.4) is 0 Å². The molecule has 0 heterocycles. The van der Waals surface area contributed by atoms with E-state index in [1.165, 1.54) is 0 Å². The fourth-order valence-electron chi connectivity index (χ4n) is 2.36. The summed E-state index contributed by atoms with van der Waals surface area (Å²) < 4.78 is 10.5. The van der Waals surface area contributed by atoms with E-state index in [4.69, 9.17) is 21.1 Å². The molecule has 5 nitrogen and oxygen atoms in total. The Balaban J connectivity index is 1.92. The smallest absolute Gasteiger partial charge is 0.238 e. The predicted octanol–water partition coefficient (Wildman–Crippen LogP) is 3.43. The molecule has 24 heavy (non-hydrogen) atoms. The number of benzene rings is 2. The zero-order valence-electron chi connectivity index (χ0n) is 14.0. The normalized spacial score (nSPS) is 10.5. The molecule has 0 saturated carbocycles. The van der Waals surface area contributed by atoms with Crippen LogP contribution in [0.5, 0.6) is 11.5 Å². The number of hydrogen-bond donors (Lipinski definition) is 1. The minimum Gasteiger partial charge on any atom is -0.493 e. The number of methoxy groups -OCH3 is 2. The van der Waals surface area contributed by atoms with Crippen LogP contribution < -0.4 is 14.8 Å². The van der Waals surface area contributed by atoms with Crippen LogP contribution in [0.2, 0.25) is 5.02 Å². The lowest BCUT2D eigenvalue weighted by atomic mass is 10.2. The largest absolute Gasteiger partial charge is 0.493 e. The molecule has 0 bridgehead atoms. The average molecular weight is 349 g/mol. The third-order valence-corrected chi connectivity index (χ3v) is 3.66. The van der Waals surface area contributed by atoms with Gasteiger partial charge < -0.3 is 14.8 Å². The van der Waals surface area contributed by atoms with Crippen molar-refractivity contribution in [2.45, 2.75) is 6.54 Å². The number of carbonyl (C=O) groups is 1. The molecule has 0 aromatic heterocycles. The van der Waals surface area contributed by atoms with Crippen molar-refractivity contribution < 1.29 is 14.3 Å². The minimum absolute atomic E-state index is 0.0970. The number of nitrogens with zero attached hydrogens (tertiary/aromatic N) is 1. The van der Waals surface area contributed by atoms with Gasteiger partial charge in [-0.2, -0.15) is 0 Å². The highest BCUT2D eigenvalue weighted by Crippen LogP contribution is 2.27. The predicted molar refractivity (Wildman–Crippen MR) is 96.0 cm³/mol. The van der Waals surface area contributed by atoms with Crippen molar-refractivity contribution >= 4 is 23.2 Å². The highest BCUT2D eigenvalue weighted by Gasteiger charge is 2.10. The Kier molecular flexibility index (Phi) is 6.46. The maximum atomic E-state index is 12.1. The summed E-state index contributed by atoms with van der Waals surface area (Å²) in [5.41, 5.74) is 1.72. The van der Waals surface area contributed by atoms with Crippen LogP contribution in [0, 0.1) is 0 Å².